The van der Waals surface area contributed by atoms with Crippen molar-refractivity contribution in [3.63, 3.8) is 0 Å². The average molecular weight is 558 g/mol. The minimum Gasteiger partial charge on any atom is -0.419 e. The van der Waals surface area contributed by atoms with Gasteiger partial charge in [-0.2, -0.15) is 5.10 Å². The first-order valence-electron chi connectivity index (χ1n) is 11.7. The fourth-order valence-corrected chi connectivity index (χ4v) is 6.47. The Hall–Kier alpha value is -2.15. The van der Waals surface area contributed by atoms with Crippen molar-refractivity contribution in [3.05, 3.63) is 68.4 Å². The maximum atomic E-state index is 6.62. The third kappa shape index (κ3) is 3.80. The molecule has 2 heterocycles. The van der Waals surface area contributed by atoms with Gasteiger partial charge in [0.05, 0.1) is 16.4 Å². The van der Waals surface area contributed by atoms with Gasteiger partial charge in [-0.25, -0.2) is 4.68 Å². The van der Waals surface area contributed by atoms with Crippen LogP contribution in [0.25, 0.3) is 28.5 Å². The lowest BCUT2D eigenvalue weighted by atomic mass is 9.89. The van der Waals surface area contributed by atoms with Crippen LogP contribution in [0.5, 0.6) is 0 Å². The largest absolute Gasteiger partial charge is 0.419 e. The minimum absolute atomic E-state index is 0.379. The lowest BCUT2D eigenvalue weighted by molar-refractivity contribution is 0.348. The van der Waals surface area contributed by atoms with Crippen molar-refractivity contribution in [1.82, 2.24) is 20.0 Å². The Balaban J connectivity index is 1.50. The zero-order chi connectivity index (χ0) is 23.4. The highest BCUT2D eigenvalue weighted by Gasteiger charge is 2.43. The molecule has 0 amide bonds. The Morgan fingerprint density at radius 1 is 1.06 bits per heavy atom. The van der Waals surface area contributed by atoms with Gasteiger partial charge in [0, 0.05) is 26.5 Å². The van der Waals surface area contributed by atoms with E-state index in [1.54, 1.807) is 6.07 Å². The van der Waals surface area contributed by atoms with E-state index in [0.29, 0.717) is 33.5 Å². The van der Waals surface area contributed by atoms with E-state index in [0.717, 1.165) is 51.6 Å². The van der Waals surface area contributed by atoms with Crippen LogP contribution >= 0.6 is 39.1 Å². The van der Waals surface area contributed by atoms with Crippen LogP contribution in [0.15, 0.2) is 51.4 Å². The molecule has 0 radical (unpaired) electrons. The van der Waals surface area contributed by atoms with Gasteiger partial charge in [0.1, 0.15) is 0 Å². The number of rotatable bonds is 5. The van der Waals surface area contributed by atoms with E-state index in [1.165, 1.54) is 19.3 Å². The highest BCUT2D eigenvalue weighted by Crippen LogP contribution is 2.52. The summed E-state index contributed by atoms with van der Waals surface area (Å²) in [5.41, 5.74) is 4.47. The van der Waals surface area contributed by atoms with Crippen molar-refractivity contribution in [1.29, 1.82) is 0 Å². The first-order valence-corrected chi connectivity index (χ1v) is 13.2. The molecule has 4 aromatic rings. The molecule has 2 bridgehead atoms. The van der Waals surface area contributed by atoms with Crippen molar-refractivity contribution in [2.75, 3.05) is 0 Å². The van der Waals surface area contributed by atoms with Crippen molar-refractivity contribution in [2.24, 2.45) is 11.8 Å². The monoisotopic (exact) mass is 556 g/mol. The molecule has 34 heavy (non-hydrogen) atoms. The van der Waals surface area contributed by atoms with Gasteiger partial charge >= 0.3 is 0 Å². The third-order valence-electron chi connectivity index (χ3n) is 7.29. The van der Waals surface area contributed by atoms with Gasteiger partial charge in [-0.3, -0.25) is 0 Å². The number of nitrogens with zero attached hydrogens (tertiary/aromatic N) is 4. The predicted molar refractivity (Wildman–Crippen MR) is 138 cm³/mol. The highest BCUT2D eigenvalue weighted by atomic mass is 79.9. The second-order valence-electron chi connectivity index (χ2n) is 9.27. The van der Waals surface area contributed by atoms with E-state index in [9.17, 15) is 0 Å². The average Bonchev–Trinajstić information content (AvgIpc) is 3.61. The number of aromatic nitrogens is 4. The predicted octanol–water partition coefficient (Wildman–Crippen LogP) is 8.12. The molecule has 2 aromatic carbocycles. The molecule has 3 atom stereocenters. The van der Waals surface area contributed by atoms with Gasteiger partial charge in [-0.05, 0) is 67.9 Å². The number of hydrogen-bond donors (Lipinski definition) is 0. The molecule has 0 saturated heterocycles. The van der Waals surface area contributed by atoms with Crippen molar-refractivity contribution in [2.45, 2.75) is 44.9 Å². The second-order valence-corrected chi connectivity index (χ2v) is 11.0. The van der Waals surface area contributed by atoms with Crippen LogP contribution in [0.3, 0.4) is 0 Å². The first kappa shape index (κ1) is 22.3. The van der Waals surface area contributed by atoms with E-state index in [1.807, 2.05) is 28.9 Å². The van der Waals surface area contributed by atoms with E-state index in [-0.39, 0.29) is 0 Å². The Morgan fingerprint density at radius 2 is 1.88 bits per heavy atom. The summed E-state index contributed by atoms with van der Waals surface area (Å²) >= 11 is 16.3. The van der Waals surface area contributed by atoms with Crippen LogP contribution in [0.4, 0.5) is 0 Å². The van der Waals surface area contributed by atoms with E-state index >= 15 is 0 Å². The molecular formula is C26H23BrCl2N4O. The first-order chi connectivity index (χ1) is 16.5. The molecule has 0 spiro atoms. The zero-order valence-corrected chi connectivity index (χ0v) is 21.7. The van der Waals surface area contributed by atoms with Gasteiger partial charge in [-0.1, -0.05) is 64.6 Å². The number of fused-ring (bicyclic) bond motifs is 2. The maximum absolute atomic E-state index is 6.62. The molecule has 174 valence electrons. The lowest BCUT2D eigenvalue weighted by Crippen LogP contribution is -2.08. The van der Waals surface area contributed by atoms with Crippen LogP contribution < -0.4 is 0 Å². The van der Waals surface area contributed by atoms with Crippen LogP contribution in [0.2, 0.25) is 10.0 Å². The second kappa shape index (κ2) is 8.81. The molecule has 2 aliphatic carbocycles. The van der Waals surface area contributed by atoms with Gasteiger partial charge in [0.25, 0.3) is 5.89 Å². The number of halogens is 3. The molecule has 6 rings (SSSR count). The van der Waals surface area contributed by atoms with Gasteiger partial charge < -0.3 is 4.42 Å². The SMILES string of the molecule is CCc1c(-c2nnc(C3CC4CCC3C4)o2)nn(-c2ccc(Cl)cc2Cl)c1-c1ccc(Br)cc1. The van der Waals surface area contributed by atoms with Crippen LogP contribution in [0, 0.1) is 11.8 Å². The lowest BCUT2D eigenvalue weighted by Gasteiger charge is -2.17. The normalized spacial score (nSPS) is 21.5. The van der Waals surface area contributed by atoms with Crippen molar-refractivity contribution in [3.8, 4) is 28.5 Å². The molecule has 3 unspecified atom stereocenters. The van der Waals surface area contributed by atoms with Gasteiger partial charge in [0.15, 0.2) is 5.69 Å². The minimum atomic E-state index is 0.379. The van der Waals surface area contributed by atoms with Crippen molar-refractivity contribution < 1.29 is 4.42 Å². The Kier molecular flexibility index (Phi) is 5.79. The standard InChI is InChI=1S/C26H23BrCl2N4O/c1-2-19-23(26-31-30-25(34-26)20-12-14-3-4-16(20)11-14)32-33(22-10-9-18(28)13-21(22)29)24(19)15-5-7-17(27)8-6-15/h5-10,13-14,16,20H,2-4,11-12H2,1H3. The zero-order valence-electron chi connectivity index (χ0n) is 18.6. The van der Waals surface area contributed by atoms with E-state index < -0.39 is 0 Å². The van der Waals surface area contributed by atoms with Crippen molar-refractivity contribution >= 4 is 39.1 Å². The van der Waals surface area contributed by atoms with E-state index in [2.05, 4.69) is 45.2 Å². The molecular weight excluding hydrogens is 535 g/mol. The Labute approximate surface area is 216 Å². The summed E-state index contributed by atoms with van der Waals surface area (Å²) in [5, 5.41) is 15.0. The maximum Gasteiger partial charge on any atom is 0.268 e. The van der Waals surface area contributed by atoms with Gasteiger partial charge in [-0.15, -0.1) is 10.2 Å². The van der Waals surface area contributed by atoms with Crippen LogP contribution in [0.1, 0.15) is 50.0 Å². The third-order valence-corrected chi connectivity index (χ3v) is 8.36. The van der Waals surface area contributed by atoms with E-state index in [4.69, 9.17) is 32.7 Å². The molecule has 2 aliphatic rings. The molecule has 2 aromatic heterocycles. The molecule has 0 aliphatic heterocycles. The fraction of sp³-hybridized carbons (Fsp3) is 0.346. The molecule has 5 nitrogen and oxygen atoms in total. The molecule has 2 fully saturated rings. The molecule has 0 N–H and O–H groups in total. The number of benzene rings is 2. The Bertz CT molecular complexity index is 1360. The fourth-order valence-electron chi connectivity index (χ4n) is 5.72. The summed E-state index contributed by atoms with van der Waals surface area (Å²) in [5.74, 6) is 3.09. The molecule has 8 heteroatoms. The summed E-state index contributed by atoms with van der Waals surface area (Å²) in [7, 11) is 0. The summed E-state index contributed by atoms with van der Waals surface area (Å²) in [6.45, 7) is 2.11. The summed E-state index contributed by atoms with van der Waals surface area (Å²) in [6.07, 6.45) is 5.80. The topological polar surface area (TPSA) is 56.7 Å². The van der Waals surface area contributed by atoms with Crippen LogP contribution in [-0.2, 0) is 6.42 Å². The smallest absolute Gasteiger partial charge is 0.268 e. The summed E-state index contributed by atoms with van der Waals surface area (Å²) < 4.78 is 9.18. The Morgan fingerprint density at radius 3 is 2.56 bits per heavy atom. The van der Waals surface area contributed by atoms with Gasteiger partial charge in [0.2, 0.25) is 5.89 Å². The number of hydrogen-bond acceptors (Lipinski definition) is 4. The summed E-state index contributed by atoms with van der Waals surface area (Å²) in [4.78, 5) is 0. The molecule has 2 saturated carbocycles. The highest BCUT2D eigenvalue weighted by molar-refractivity contribution is 9.10. The van der Waals surface area contributed by atoms with Crippen LogP contribution in [-0.4, -0.2) is 20.0 Å². The summed E-state index contributed by atoms with van der Waals surface area (Å²) in [6, 6.07) is 13.6. The quantitative estimate of drug-likeness (QED) is 0.248.